The lowest BCUT2D eigenvalue weighted by Gasteiger charge is -2.20. The van der Waals surface area contributed by atoms with Gasteiger partial charge in [0.2, 0.25) is 11.8 Å². The molecule has 3 rings (SSSR count). The van der Waals surface area contributed by atoms with E-state index < -0.39 is 24.5 Å². The Hall–Kier alpha value is -2.05. The van der Waals surface area contributed by atoms with E-state index in [1.165, 1.54) is 0 Å². The fourth-order valence-electron chi connectivity index (χ4n) is 3.23. The lowest BCUT2D eigenvalue weighted by atomic mass is 9.95. The molecule has 0 aromatic heterocycles. The minimum Gasteiger partial charge on any atom is -0.355 e. The van der Waals surface area contributed by atoms with Crippen molar-refractivity contribution in [1.82, 2.24) is 10.2 Å². The molecule has 1 aliphatic heterocycles. The molecule has 1 aromatic carbocycles. The molecular weight excluding hydrogens is 321 g/mol. The van der Waals surface area contributed by atoms with Gasteiger partial charge in [-0.15, -0.1) is 0 Å². The van der Waals surface area contributed by atoms with Crippen LogP contribution in [0.1, 0.15) is 24.8 Å². The van der Waals surface area contributed by atoms with Crippen molar-refractivity contribution in [3.63, 3.8) is 0 Å². The zero-order valence-electron chi connectivity index (χ0n) is 13.1. The Balaban J connectivity index is 1.54. The molecular formula is C17H19F3N2O2. The van der Waals surface area contributed by atoms with Crippen LogP contribution in [0.3, 0.4) is 0 Å². The maximum atomic E-state index is 12.4. The second-order valence-corrected chi connectivity index (χ2v) is 6.65. The predicted molar refractivity (Wildman–Crippen MR) is 81.1 cm³/mol. The van der Waals surface area contributed by atoms with Crippen molar-refractivity contribution in [1.29, 1.82) is 0 Å². The van der Waals surface area contributed by atoms with Crippen LogP contribution in [0, 0.1) is 5.92 Å². The number of benzene rings is 1. The number of halogens is 3. The summed E-state index contributed by atoms with van der Waals surface area (Å²) in [5.41, 5.74) is 1.09. The molecule has 24 heavy (non-hydrogen) atoms. The number of alkyl halides is 3. The molecule has 0 unspecified atom stereocenters. The molecule has 1 aliphatic carbocycles. The van der Waals surface area contributed by atoms with Gasteiger partial charge in [0.25, 0.3) is 0 Å². The van der Waals surface area contributed by atoms with E-state index >= 15 is 0 Å². The Morgan fingerprint density at radius 1 is 1.25 bits per heavy atom. The molecule has 1 heterocycles. The van der Waals surface area contributed by atoms with E-state index in [9.17, 15) is 22.8 Å². The smallest absolute Gasteiger partial charge is 0.355 e. The molecule has 1 saturated heterocycles. The van der Waals surface area contributed by atoms with Gasteiger partial charge in [-0.2, -0.15) is 13.2 Å². The molecule has 1 N–H and O–H groups in total. The lowest BCUT2D eigenvalue weighted by molar-refractivity contribution is -0.157. The second kappa shape index (κ2) is 6.11. The topological polar surface area (TPSA) is 49.4 Å². The predicted octanol–water partition coefficient (Wildman–Crippen LogP) is 2.25. The molecule has 4 nitrogen and oxygen atoms in total. The van der Waals surface area contributed by atoms with E-state index in [1.807, 2.05) is 30.3 Å². The highest BCUT2D eigenvalue weighted by Gasteiger charge is 2.45. The standard InChI is InChI=1S/C17H19F3N2O2/c18-17(19,20)11-22-9-12(8-14(22)23)15(24)21-10-16(6-7-16)13-4-2-1-3-5-13/h1-5,12H,6-11H2,(H,21,24)/t12-/m0/s1. The van der Waals surface area contributed by atoms with Crippen LogP contribution in [0.25, 0.3) is 0 Å². The monoisotopic (exact) mass is 340 g/mol. The quantitative estimate of drug-likeness (QED) is 0.894. The third kappa shape index (κ3) is 3.71. The molecule has 1 atom stereocenters. The molecule has 7 heteroatoms. The Kier molecular flexibility index (Phi) is 4.27. The van der Waals surface area contributed by atoms with Crippen LogP contribution in [0.15, 0.2) is 30.3 Å². The zero-order valence-corrected chi connectivity index (χ0v) is 13.1. The zero-order chi connectivity index (χ0) is 17.4. The van der Waals surface area contributed by atoms with Crippen LogP contribution in [0.5, 0.6) is 0 Å². The van der Waals surface area contributed by atoms with Gasteiger partial charge in [0.1, 0.15) is 6.54 Å². The summed E-state index contributed by atoms with van der Waals surface area (Å²) in [6, 6.07) is 9.86. The fraction of sp³-hybridized carbons (Fsp3) is 0.529. The lowest BCUT2D eigenvalue weighted by Crippen LogP contribution is -2.39. The fourth-order valence-corrected chi connectivity index (χ4v) is 3.23. The number of hydrogen-bond acceptors (Lipinski definition) is 2. The molecule has 2 fully saturated rings. The normalized spacial score (nSPS) is 22.5. The molecule has 0 bridgehead atoms. The largest absolute Gasteiger partial charge is 0.406 e. The first kappa shape index (κ1) is 16.8. The Bertz CT molecular complexity index is 626. The molecule has 1 saturated carbocycles. The van der Waals surface area contributed by atoms with Gasteiger partial charge in [0.05, 0.1) is 5.92 Å². The summed E-state index contributed by atoms with van der Waals surface area (Å²) in [6.45, 7) is -0.994. The van der Waals surface area contributed by atoms with Crippen molar-refractivity contribution >= 4 is 11.8 Å². The maximum absolute atomic E-state index is 12.4. The Morgan fingerprint density at radius 3 is 2.50 bits per heavy atom. The van der Waals surface area contributed by atoms with Gasteiger partial charge >= 0.3 is 6.18 Å². The van der Waals surface area contributed by atoms with Crippen LogP contribution in [-0.4, -0.2) is 42.5 Å². The van der Waals surface area contributed by atoms with Gasteiger partial charge in [-0.3, -0.25) is 9.59 Å². The molecule has 0 spiro atoms. The average Bonchev–Trinajstić information content (AvgIpc) is 3.24. The van der Waals surface area contributed by atoms with E-state index in [0.717, 1.165) is 18.4 Å². The number of carbonyl (C=O) groups is 2. The number of carbonyl (C=O) groups excluding carboxylic acids is 2. The van der Waals surface area contributed by atoms with Gasteiger partial charge in [-0.25, -0.2) is 0 Å². The highest BCUT2D eigenvalue weighted by atomic mass is 19.4. The van der Waals surface area contributed by atoms with Crippen molar-refractivity contribution in [2.24, 2.45) is 5.92 Å². The summed E-state index contributed by atoms with van der Waals surface area (Å²) in [6.07, 6.45) is -2.64. The third-order valence-corrected chi connectivity index (χ3v) is 4.80. The Labute approximate surface area is 138 Å². The maximum Gasteiger partial charge on any atom is 0.406 e. The number of nitrogens with zero attached hydrogens (tertiary/aromatic N) is 1. The molecule has 2 amide bonds. The van der Waals surface area contributed by atoms with E-state index in [0.29, 0.717) is 11.4 Å². The first-order valence-electron chi connectivity index (χ1n) is 7.97. The number of rotatable bonds is 5. The summed E-state index contributed by atoms with van der Waals surface area (Å²) < 4.78 is 37.2. The summed E-state index contributed by atoms with van der Waals surface area (Å²) >= 11 is 0. The molecule has 130 valence electrons. The summed E-state index contributed by atoms with van der Waals surface area (Å²) in [7, 11) is 0. The van der Waals surface area contributed by atoms with Crippen LogP contribution < -0.4 is 5.32 Å². The summed E-state index contributed by atoms with van der Waals surface area (Å²) in [5, 5.41) is 2.83. The second-order valence-electron chi connectivity index (χ2n) is 6.65. The number of amides is 2. The average molecular weight is 340 g/mol. The van der Waals surface area contributed by atoms with E-state index in [1.54, 1.807) is 0 Å². The minimum atomic E-state index is -4.44. The minimum absolute atomic E-state index is 0.0643. The van der Waals surface area contributed by atoms with Crippen molar-refractivity contribution in [2.45, 2.75) is 30.9 Å². The first-order valence-corrected chi connectivity index (χ1v) is 7.97. The van der Waals surface area contributed by atoms with Gasteiger partial charge < -0.3 is 10.2 Å². The van der Waals surface area contributed by atoms with Gasteiger partial charge in [0.15, 0.2) is 0 Å². The van der Waals surface area contributed by atoms with Crippen molar-refractivity contribution < 1.29 is 22.8 Å². The van der Waals surface area contributed by atoms with Crippen molar-refractivity contribution in [3.05, 3.63) is 35.9 Å². The number of nitrogens with one attached hydrogen (secondary N) is 1. The third-order valence-electron chi connectivity index (χ3n) is 4.80. The van der Waals surface area contributed by atoms with Gasteiger partial charge in [0, 0.05) is 24.9 Å². The van der Waals surface area contributed by atoms with Crippen LogP contribution in [0.4, 0.5) is 13.2 Å². The highest BCUT2D eigenvalue weighted by Crippen LogP contribution is 2.47. The van der Waals surface area contributed by atoms with Crippen LogP contribution >= 0.6 is 0 Å². The van der Waals surface area contributed by atoms with Crippen LogP contribution in [-0.2, 0) is 15.0 Å². The molecule has 0 radical (unpaired) electrons. The van der Waals surface area contributed by atoms with Gasteiger partial charge in [-0.1, -0.05) is 30.3 Å². The highest BCUT2D eigenvalue weighted by molar-refractivity contribution is 5.89. The Morgan fingerprint density at radius 2 is 1.92 bits per heavy atom. The summed E-state index contributed by atoms with van der Waals surface area (Å²) in [4.78, 5) is 24.6. The molecule has 1 aromatic rings. The van der Waals surface area contributed by atoms with Crippen LogP contribution in [0.2, 0.25) is 0 Å². The SMILES string of the molecule is O=C(NCC1(c2ccccc2)CC1)[C@H]1CC(=O)N(CC(F)(F)F)C1. The summed E-state index contributed by atoms with van der Waals surface area (Å²) in [5.74, 6) is -1.65. The van der Waals surface area contributed by atoms with Gasteiger partial charge in [-0.05, 0) is 18.4 Å². The van der Waals surface area contributed by atoms with E-state index in [2.05, 4.69) is 5.32 Å². The van der Waals surface area contributed by atoms with Crippen molar-refractivity contribution in [2.75, 3.05) is 19.6 Å². The molecule has 2 aliphatic rings. The number of likely N-dealkylation sites (tertiary alicyclic amines) is 1. The van der Waals surface area contributed by atoms with Crippen molar-refractivity contribution in [3.8, 4) is 0 Å². The van der Waals surface area contributed by atoms with E-state index in [4.69, 9.17) is 0 Å². The first-order chi connectivity index (χ1) is 11.3. The van der Waals surface area contributed by atoms with E-state index in [-0.39, 0.29) is 24.3 Å². The number of hydrogen-bond donors (Lipinski definition) is 1.